The first-order valence-electron chi connectivity index (χ1n) is 8.05. The normalized spacial score (nSPS) is 17.0. The van der Waals surface area contributed by atoms with Gasteiger partial charge in [-0.15, -0.1) is 11.3 Å². The molecule has 1 atom stereocenters. The van der Waals surface area contributed by atoms with E-state index in [1.165, 1.54) is 16.9 Å². The highest BCUT2D eigenvalue weighted by Gasteiger charge is 2.24. The van der Waals surface area contributed by atoms with Gasteiger partial charge in [-0.2, -0.15) is 4.98 Å². The highest BCUT2D eigenvalue weighted by Crippen LogP contribution is 2.41. The Hall–Kier alpha value is -1.85. The average molecular weight is 360 g/mol. The number of hydrogen-bond acceptors (Lipinski definition) is 5. The predicted molar refractivity (Wildman–Crippen MR) is 99.7 cm³/mol. The number of halogens is 1. The predicted octanol–water partition coefficient (Wildman–Crippen LogP) is 5.23. The molecule has 2 N–H and O–H groups in total. The summed E-state index contributed by atoms with van der Waals surface area (Å²) in [5.74, 6) is 1.57. The molecule has 0 amide bonds. The van der Waals surface area contributed by atoms with Crippen molar-refractivity contribution in [3.05, 3.63) is 39.5 Å². The van der Waals surface area contributed by atoms with E-state index in [1.807, 2.05) is 19.1 Å². The molecular formula is C18H18ClN3OS. The molecule has 1 aliphatic rings. The number of aryl methyl sites for hydroxylation is 2. The van der Waals surface area contributed by atoms with Gasteiger partial charge in [-0.05, 0) is 67.0 Å². The van der Waals surface area contributed by atoms with Crippen LogP contribution >= 0.6 is 22.9 Å². The van der Waals surface area contributed by atoms with Crippen LogP contribution in [0.4, 0.5) is 11.5 Å². The van der Waals surface area contributed by atoms with Crippen molar-refractivity contribution < 1.29 is 5.11 Å². The first kappa shape index (κ1) is 15.7. The lowest BCUT2D eigenvalue weighted by Crippen LogP contribution is -2.09. The molecule has 124 valence electrons. The lowest BCUT2D eigenvalue weighted by Gasteiger charge is -2.18. The maximum absolute atomic E-state index is 10.1. The minimum Gasteiger partial charge on any atom is -0.506 e. The zero-order valence-electron chi connectivity index (χ0n) is 13.6. The third-order valence-corrected chi connectivity index (χ3v) is 5.85. The molecule has 1 aliphatic carbocycles. The van der Waals surface area contributed by atoms with Crippen LogP contribution in [-0.4, -0.2) is 15.1 Å². The number of nitrogens with zero attached hydrogens (tertiary/aromatic N) is 2. The zero-order chi connectivity index (χ0) is 16.8. The van der Waals surface area contributed by atoms with E-state index in [4.69, 9.17) is 11.6 Å². The number of aromatic nitrogens is 2. The maximum Gasteiger partial charge on any atom is 0.225 e. The first-order chi connectivity index (χ1) is 11.5. The summed E-state index contributed by atoms with van der Waals surface area (Å²) >= 11 is 7.85. The molecular weight excluding hydrogens is 342 g/mol. The van der Waals surface area contributed by atoms with E-state index in [1.54, 1.807) is 17.4 Å². The fourth-order valence-corrected chi connectivity index (χ4v) is 4.89. The molecule has 1 unspecified atom stereocenters. The number of benzene rings is 1. The topological polar surface area (TPSA) is 58.0 Å². The summed E-state index contributed by atoms with van der Waals surface area (Å²) in [6, 6.07) is 5.46. The summed E-state index contributed by atoms with van der Waals surface area (Å²) in [7, 11) is 0. The fourth-order valence-electron chi connectivity index (χ4n) is 3.28. The zero-order valence-corrected chi connectivity index (χ0v) is 15.1. The van der Waals surface area contributed by atoms with Crippen LogP contribution < -0.4 is 5.32 Å². The Labute approximate surface area is 149 Å². The second kappa shape index (κ2) is 5.90. The Balaban J connectivity index is 1.87. The van der Waals surface area contributed by atoms with Crippen LogP contribution in [0, 0.1) is 12.8 Å². The fraction of sp³-hybridized carbons (Fsp3) is 0.333. The average Bonchev–Trinajstić information content (AvgIpc) is 2.87. The van der Waals surface area contributed by atoms with Crippen LogP contribution in [0.15, 0.2) is 18.2 Å². The molecule has 0 bridgehead atoms. The van der Waals surface area contributed by atoms with Gasteiger partial charge in [0.15, 0.2) is 0 Å². The van der Waals surface area contributed by atoms with Crippen molar-refractivity contribution in [2.45, 2.75) is 33.1 Å². The lowest BCUT2D eigenvalue weighted by molar-refractivity contribution is 0.477. The Bertz CT molecular complexity index is 938. The van der Waals surface area contributed by atoms with E-state index in [2.05, 4.69) is 22.2 Å². The Kier molecular flexibility index (Phi) is 3.85. The number of phenols is 1. The van der Waals surface area contributed by atoms with Gasteiger partial charge in [-0.3, -0.25) is 0 Å². The number of aromatic hydroxyl groups is 1. The highest BCUT2D eigenvalue weighted by molar-refractivity contribution is 7.19. The van der Waals surface area contributed by atoms with Crippen LogP contribution in [0.2, 0.25) is 5.28 Å². The van der Waals surface area contributed by atoms with Crippen molar-refractivity contribution in [3.63, 3.8) is 0 Å². The van der Waals surface area contributed by atoms with E-state index in [0.717, 1.165) is 28.6 Å². The van der Waals surface area contributed by atoms with Gasteiger partial charge in [-0.1, -0.05) is 13.0 Å². The van der Waals surface area contributed by atoms with Gasteiger partial charge < -0.3 is 10.4 Å². The third-order valence-electron chi connectivity index (χ3n) is 4.53. The van der Waals surface area contributed by atoms with Crippen molar-refractivity contribution in [2.24, 2.45) is 5.92 Å². The SMILES string of the molecule is Cc1ccc(O)c(Nc2nc(Cl)nc3sc4c(c23)CCC(C)C4)c1. The summed E-state index contributed by atoms with van der Waals surface area (Å²) < 4.78 is 0. The van der Waals surface area contributed by atoms with E-state index in [-0.39, 0.29) is 11.0 Å². The van der Waals surface area contributed by atoms with Crippen molar-refractivity contribution in [1.82, 2.24) is 9.97 Å². The van der Waals surface area contributed by atoms with Gasteiger partial charge in [0.05, 0.1) is 11.1 Å². The third kappa shape index (κ3) is 2.72. The Morgan fingerprint density at radius 2 is 2.17 bits per heavy atom. The molecule has 3 aromatic rings. The highest BCUT2D eigenvalue weighted by atomic mass is 35.5. The molecule has 4 nitrogen and oxygen atoms in total. The van der Waals surface area contributed by atoms with E-state index in [9.17, 15) is 5.11 Å². The Morgan fingerprint density at radius 1 is 1.33 bits per heavy atom. The van der Waals surface area contributed by atoms with E-state index < -0.39 is 0 Å². The minimum absolute atomic E-state index is 0.196. The summed E-state index contributed by atoms with van der Waals surface area (Å²) in [5, 5.41) is 14.7. The summed E-state index contributed by atoms with van der Waals surface area (Å²) in [5.41, 5.74) is 3.03. The molecule has 0 saturated heterocycles. The largest absolute Gasteiger partial charge is 0.506 e. The van der Waals surface area contributed by atoms with Crippen molar-refractivity contribution in [1.29, 1.82) is 0 Å². The van der Waals surface area contributed by atoms with Gasteiger partial charge in [-0.25, -0.2) is 4.98 Å². The quantitative estimate of drug-likeness (QED) is 0.486. The van der Waals surface area contributed by atoms with Gasteiger partial charge in [0, 0.05) is 4.88 Å². The molecule has 0 fully saturated rings. The molecule has 0 aliphatic heterocycles. The maximum atomic E-state index is 10.1. The Morgan fingerprint density at radius 3 is 3.00 bits per heavy atom. The molecule has 0 radical (unpaired) electrons. The molecule has 2 heterocycles. The van der Waals surface area contributed by atoms with Crippen molar-refractivity contribution in [2.75, 3.05) is 5.32 Å². The molecule has 0 spiro atoms. The van der Waals surface area contributed by atoms with Gasteiger partial charge in [0.1, 0.15) is 16.4 Å². The van der Waals surface area contributed by atoms with E-state index in [0.29, 0.717) is 17.4 Å². The molecule has 24 heavy (non-hydrogen) atoms. The first-order valence-corrected chi connectivity index (χ1v) is 9.25. The molecule has 2 aromatic heterocycles. The number of nitrogens with one attached hydrogen (secondary N) is 1. The van der Waals surface area contributed by atoms with Gasteiger partial charge in [0.25, 0.3) is 0 Å². The van der Waals surface area contributed by atoms with Crippen LogP contribution in [0.3, 0.4) is 0 Å². The van der Waals surface area contributed by atoms with Gasteiger partial charge in [0.2, 0.25) is 5.28 Å². The van der Waals surface area contributed by atoms with Crippen molar-refractivity contribution >= 4 is 44.7 Å². The van der Waals surface area contributed by atoms with Crippen molar-refractivity contribution in [3.8, 4) is 5.75 Å². The summed E-state index contributed by atoms with van der Waals surface area (Å²) in [6.07, 6.45) is 3.30. The van der Waals surface area contributed by atoms with Crippen LogP contribution in [-0.2, 0) is 12.8 Å². The van der Waals surface area contributed by atoms with Gasteiger partial charge >= 0.3 is 0 Å². The number of fused-ring (bicyclic) bond motifs is 3. The second-order valence-electron chi connectivity index (χ2n) is 6.52. The van der Waals surface area contributed by atoms with Crippen LogP contribution in [0.5, 0.6) is 5.75 Å². The molecule has 0 saturated carbocycles. The van der Waals surface area contributed by atoms with Crippen LogP contribution in [0.25, 0.3) is 10.2 Å². The monoisotopic (exact) mass is 359 g/mol. The van der Waals surface area contributed by atoms with Crippen LogP contribution in [0.1, 0.15) is 29.3 Å². The lowest BCUT2D eigenvalue weighted by atomic mass is 9.89. The molecule has 4 rings (SSSR count). The number of phenolic OH excluding ortho intramolecular Hbond substituents is 1. The summed E-state index contributed by atoms with van der Waals surface area (Å²) in [6.45, 7) is 4.27. The molecule has 1 aromatic carbocycles. The smallest absolute Gasteiger partial charge is 0.225 e. The second-order valence-corrected chi connectivity index (χ2v) is 7.94. The molecule has 6 heteroatoms. The number of rotatable bonds is 2. The number of anilines is 2. The number of thiophene rings is 1. The minimum atomic E-state index is 0.196. The summed E-state index contributed by atoms with van der Waals surface area (Å²) in [4.78, 5) is 11.1. The van der Waals surface area contributed by atoms with E-state index >= 15 is 0 Å². The standard InChI is InChI=1S/C18H18ClN3OS/c1-9-4-6-13(23)12(7-9)20-16-15-11-5-3-10(2)8-14(11)24-17(15)22-18(19)21-16/h4,6-7,10,23H,3,5,8H2,1-2H3,(H,20,21,22). The number of hydrogen-bond donors (Lipinski definition) is 2.